The molecule has 0 amide bonds. The van der Waals surface area contributed by atoms with Crippen LogP contribution in [0.5, 0.6) is 0 Å². The molecule has 2 aliphatic carbocycles. The molecule has 2 aliphatic rings. The van der Waals surface area contributed by atoms with Crippen LogP contribution in [0.2, 0.25) is 0 Å². The molecule has 0 unspecified atom stereocenters. The van der Waals surface area contributed by atoms with E-state index in [0.29, 0.717) is 6.54 Å². The number of rotatable bonds is 7. The third-order valence-corrected chi connectivity index (χ3v) is 3.85. The van der Waals surface area contributed by atoms with Crippen LogP contribution in [0, 0.1) is 11.8 Å². The minimum Gasteiger partial charge on any atom is -0.468 e. The zero-order valence-electron chi connectivity index (χ0n) is 10.4. The molecule has 94 valence electrons. The predicted octanol–water partition coefficient (Wildman–Crippen LogP) is 2.36. The van der Waals surface area contributed by atoms with E-state index in [9.17, 15) is 0 Å². The molecule has 0 aromatic carbocycles. The first-order valence-electron chi connectivity index (χ1n) is 6.83. The quantitative estimate of drug-likeness (QED) is 0.787. The summed E-state index contributed by atoms with van der Waals surface area (Å²) in [6, 6.07) is 2.00. The average molecular weight is 234 g/mol. The summed E-state index contributed by atoms with van der Waals surface area (Å²) in [5.74, 6) is 2.98. The SMILES string of the molecule is NCc1ccoc1CN(CC1CC1)CC1CC1. The lowest BCUT2D eigenvalue weighted by molar-refractivity contribution is 0.224. The first-order chi connectivity index (χ1) is 8.35. The Kier molecular flexibility index (Phi) is 3.21. The van der Waals surface area contributed by atoms with Crippen LogP contribution in [-0.4, -0.2) is 18.0 Å². The number of nitrogens with zero attached hydrogens (tertiary/aromatic N) is 1. The average Bonchev–Trinajstić information content (AvgIpc) is 3.22. The molecule has 3 nitrogen and oxygen atoms in total. The fourth-order valence-electron chi connectivity index (χ4n) is 2.43. The van der Waals surface area contributed by atoms with Gasteiger partial charge in [-0.05, 0) is 43.6 Å². The van der Waals surface area contributed by atoms with Gasteiger partial charge in [0.2, 0.25) is 0 Å². The number of nitrogens with two attached hydrogens (primary N) is 1. The highest BCUT2D eigenvalue weighted by atomic mass is 16.3. The molecule has 1 aromatic heterocycles. The van der Waals surface area contributed by atoms with Crippen LogP contribution in [-0.2, 0) is 13.1 Å². The molecule has 0 aliphatic heterocycles. The Morgan fingerprint density at radius 3 is 2.35 bits per heavy atom. The molecule has 0 radical (unpaired) electrons. The van der Waals surface area contributed by atoms with Gasteiger partial charge in [0.15, 0.2) is 0 Å². The maximum atomic E-state index is 5.72. The van der Waals surface area contributed by atoms with Crippen molar-refractivity contribution in [1.82, 2.24) is 4.90 Å². The number of furan rings is 1. The highest BCUT2D eigenvalue weighted by molar-refractivity contribution is 5.16. The molecule has 0 saturated heterocycles. The Morgan fingerprint density at radius 2 is 1.82 bits per heavy atom. The van der Waals surface area contributed by atoms with Gasteiger partial charge in [-0.15, -0.1) is 0 Å². The Bertz CT molecular complexity index is 352. The van der Waals surface area contributed by atoms with Crippen molar-refractivity contribution in [2.75, 3.05) is 13.1 Å². The summed E-state index contributed by atoms with van der Waals surface area (Å²) in [5, 5.41) is 0. The monoisotopic (exact) mass is 234 g/mol. The lowest BCUT2D eigenvalue weighted by atomic mass is 10.2. The Labute approximate surface area is 103 Å². The summed E-state index contributed by atoms with van der Waals surface area (Å²) in [4.78, 5) is 2.58. The normalized spacial score (nSPS) is 20.1. The van der Waals surface area contributed by atoms with E-state index in [4.69, 9.17) is 10.2 Å². The minimum atomic E-state index is 0.590. The molecule has 0 spiro atoms. The molecule has 1 heterocycles. The smallest absolute Gasteiger partial charge is 0.122 e. The molecule has 3 heteroatoms. The van der Waals surface area contributed by atoms with E-state index in [-0.39, 0.29) is 0 Å². The number of hydrogen-bond acceptors (Lipinski definition) is 3. The van der Waals surface area contributed by atoms with Crippen molar-refractivity contribution in [1.29, 1.82) is 0 Å². The van der Waals surface area contributed by atoms with Gasteiger partial charge in [0.25, 0.3) is 0 Å². The van der Waals surface area contributed by atoms with E-state index in [1.54, 1.807) is 6.26 Å². The molecule has 3 rings (SSSR count). The van der Waals surface area contributed by atoms with Gasteiger partial charge >= 0.3 is 0 Å². The summed E-state index contributed by atoms with van der Waals surface area (Å²) in [7, 11) is 0. The van der Waals surface area contributed by atoms with Crippen molar-refractivity contribution >= 4 is 0 Å². The topological polar surface area (TPSA) is 42.4 Å². The summed E-state index contributed by atoms with van der Waals surface area (Å²) in [6.07, 6.45) is 7.45. The van der Waals surface area contributed by atoms with Gasteiger partial charge in [-0.25, -0.2) is 0 Å². The molecule has 2 fully saturated rings. The van der Waals surface area contributed by atoms with Crippen molar-refractivity contribution in [2.24, 2.45) is 17.6 Å². The molecule has 2 saturated carbocycles. The van der Waals surface area contributed by atoms with Crippen LogP contribution in [0.25, 0.3) is 0 Å². The fourth-order valence-corrected chi connectivity index (χ4v) is 2.43. The lowest BCUT2D eigenvalue weighted by Gasteiger charge is -2.21. The van der Waals surface area contributed by atoms with E-state index in [0.717, 1.165) is 24.1 Å². The highest BCUT2D eigenvalue weighted by Gasteiger charge is 2.29. The van der Waals surface area contributed by atoms with Crippen LogP contribution >= 0.6 is 0 Å². The van der Waals surface area contributed by atoms with Gasteiger partial charge in [-0.2, -0.15) is 0 Å². The zero-order chi connectivity index (χ0) is 11.7. The van der Waals surface area contributed by atoms with Crippen LogP contribution in [0.4, 0.5) is 0 Å². The summed E-state index contributed by atoms with van der Waals surface area (Å²) < 4.78 is 5.57. The minimum absolute atomic E-state index is 0.590. The van der Waals surface area contributed by atoms with Gasteiger partial charge in [0.05, 0.1) is 12.8 Å². The van der Waals surface area contributed by atoms with E-state index < -0.39 is 0 Å². The standard InChI is InChI=1S/C14H22N2O/c15-7-13-5-6-17-14(13)10-16(8-11-1-2-11)9-12-3-4-12/h5-6,11-12H,1-4,7-10,15H2. The second-order valence-electron chi connectivity index (χ2n) is 5.65. The molecule has 1 aromatic rings. The van der Waals surface area contributed by atoms with E-state index >= 15 is 0 Å². The third kappa shape index (κ3) is 3.11. The third-order valence-electron chi connectivity index (χ3n) is 3.85. The molecule has 0 bridgehead atoms. The van der Waals surface area contributed by atoms with Gasteiger partial charge < -0.3 is 10.2 Å². The van der Waals surface area contributed by atoms with Crippen LogP contribution in [0.3, 0.4) is 0 Å². The van der Waals surface area contributed by atoms with Gasteiger partial charge in [-0.3, -0.25) is 4.90 Å². The van der Waals surface area contributed by atoms with Crippen LogP contribution in [0.15, 0.2) is 16.7 Å². The van der Waals surface area contributed by atoms with Crippen molar-refractivity contribution in [3.8, 4) is 0 Å². The molecular formula is C14H22N2O. The fraction of sp³-hybridized carbons (Fsp3) is 0.714. The van der Waals surface area contributed by atoms with E-state index in [2.05, 4.69) is 4.90 Å². The first kappa shape index (κ1) is 11.3. The largest absolute Gasteiger partial charge is 0.468 e. The molecule has 2 N–H and O–H groups in total. The summed E-state index contributed by atoms with van der Waals surface area (Å²) >= 11 is 0. The van der Waals surface area contributed by atoms with Gasteiger partial charge in [0.1, 0.15) is 5.76 Å². The molecule has 0 atom stereocenters. The van der Waals surface area contributed by atoms with Gasteiger partial charge in [-0.1, -0.05) is 0 Å². The Morgan fingerprint density at radius 1 is 1.18 bits per heavy atom. The molecular weight excluding hydrogens is 212 g/mol. The van der Waals surface area contributed by atoms with Crippen molar-refractivity contribution in [3.63, 3.8) is 0 Å². The van der Waals surface area contributed by atoms with E-state index in [1.165, 1.54) is 44.3 Å². The Balaban J connectivity index is 1.60. The zero-order valence-corrected chi connectivity index (χ0v) is 10.4. The lowest BCUT2D eigenvalue weighted by Crippen LogP contribution is -2.28. The second kappa shape index (κ2) is 4.83. The van der Waals surface area contributed by atoms with Crippen molar-refractivity contribution in [2.45, 2.75) is 38.8 Å². The highest BCUT2D eigenvalue weighted by Crippen LogP contribution is 2.34. The molecule has 17 heavy (non-hydrogen) atoms. The van der Waals surface area contributed by atoms with Crippen LogP contribution in [0.1, 0.15) is 37.0 Å². The predicted molar refractivity (Wildman–Crippen MR) is 67.3 cm³/mol. The van der Waals surface area contributed by atoms with E-state index in [1.807, 2.05) is 6.07 Å². The van der Waals surface area contributed by atoms with Crippen molar-refractivity contribution < 1.29 is 4.42 Å². The maximum absolute atomic E-state index is 5.72. The number of hydrogen-bond donors (Lipinski definition) is 1. The van der Waals surface area contributed by atoms with Crippen LogP contribution < -0.4 is 5.73 Å². The maximum Gasteiger partial charge on any atom is 0.122 e. The summed E-state index contributed by atoms with van der Waals surface area (Å²) in [5.41, 5.74) is 6.89. The first-order valence-corrected chi connectivity index (χ1v) is 6.83. The van der Waals surface area contributed by atoms with Crippen molar-refractivity contribution in [3.05, 3.63) is 23.7 Å². The second-order valence-corrected chi connectivity index (χ2v) is 5.65. The van der Waals surface area contributed by atoms with Gasteiger partial charge in [0, 0.05) is 25.2 Å². The summed E-state index contributed by atoms with van der Waals surface area (Å²) in [6.45, 7) is 4.04. The Hall–Kier alpha value is -0.800.